The molecule has 0 bridgehead atoms. The zero-order chi connectivity index (χ0) is 15.6. The number of rotatable bonds is 2. The van der Waals surface area contributed by atoms with Gasteiger partial charge in [-0.25, -0.2) is 4.39 Å². The summed E-state index contributed by atoms with van der Waals surface area (Å²) in [5.74, 6) is -1.97. The SMILES string of the molecule is O=C(Nc1ccccc1Br)c1cc(C(F)(F)F)ccc1F. The zero-order valence-corrected chi connectivity index (χ0v) is 11.9. The van der Waals surface area contributed by atoms with Crippen molar-refractivity contribution in [3.05, 3.63) is 63.9 Å². The Labute approximate surface area is 125 Å². The average Bonchev–Trinajstić information content (AvgIpc) is 2.40. The lowest BCUT2D eigenvalue weighted by Gasteiger charge is -2.11. The summed E-state index contributed by atoms with van der Waals surface area (Å²) >= 11 is 3.17. The number of nitrogens with one attached hydrogen (secondary N) is 1. The molecule has 0 aliphatic heterocycles. The second kappa shape index (κ2) is 5.85. The maximum atomic E-state index is 13.6. The third-order valence-electron chi connectivity index (χ3n) is 2.66. The summed E-state index contributed by atoms with van der Waals surface area (Å²) in [5.41, 5.74) is -1.42. The van der Waals surface area contributed by atoms with Gasteiger partial charge < -0.3 is 5.32 Å². The number of hydrogen-bond acceptors (Lipinski definition) is 1. The molecule has 0 saturated heterocycles. The minimum atomic E-state index is -4.64. The maximum absolute atomic E-state index is 13.6. The Hall–Kier alpha value is -1.89. The molecule has 1 N–H and O–H groups in total. The molecule has 0 aliphatic carbocycles. The lowest BCUT2D eigenvalue weighted by molar-refractivity contribution is -0.137. The highest BCUT2D eigenvalue weighted by Gasteiger charge is 2.32. The zero-order valence-electron chi connectivity index (χ0n) is 10.3. The first kappa shape index (κ1) is 15.5. The van der Waals surface area contributed by atoms with Crippen LogP contribution in [0.2, 0.25) is 0 Å². The molecule has 1 amide bonds. The molecule has 21 heavy (non-hydrogen) atoms. The molecule has 0 atom stereocenters. The van der Waals surface area contributed by atoms with Gasteiger partial charge in [-0.1, -0.05) is 12.1 Å². The van der Waals surface area contributed by atoms with E-state index >= 15 is 0 Å². The van der Waals surface area contributed by atoms with Crippen molar-refractivity contribution in [3.8, 4) is 0 Å². The molecule has 2 rings (SSSR count). The quantitative estimate of drug-likeness (QED) is 0.760. The van der Waals surface area contributed by atoms with E-state index in [9.17, 15) is 22.4 Å². The van der Waals surface area contributed by atoms with Gasteiger partial charge in [0.25, 0.3) is 5.91 Å². The van der Waals surface area contributed by atoms with Crippen LogP contribution < -0.4 is 5.32 Å². The molecule has 7 heteroatoms. The summed E-state index contributed by atoms with van der Waals surface area (Å²) < 4.78 is 51.9. The van der Waals surface area contributed by atoms with Gasteiger partial charge in [-0.05, 0) is 46.3 Å². The summed E-state index contributed by atoms with van der Waals surface area (Å²) in [6, 6.07) is 8.20. The standard InChI is InChI=1S/C14H8BrF4NO/c15-10-3-1-2-4-12(10)20-13(21)9-7-8(14(17,18)19)5-6-11(9)16/h1-7H,(H,20,21). The number of carbonyl (C=O) groups is 1. The first-order valence-electron chi connectivity index (χ1n) is 5.71. The largest absolute Gasteiger partial charge is 0.416 e. The molecule has 0 saturated carbocycles. The Morgan fingerprint density at radius 3 is 2.38 bits per heavy atom. The fourth-order valence-electron chi connectivity index (χ4n) is 1.63. The van der Waals surface area contributed by atoms with E-state index in [0.717, 1.165) is 0 Å². The molecule has 0 aromatic heterocycles. The number of benzene rings is 2. The highest BCUT2D eigenvalue weighted by molar-refractivity contribution is 9.10. The van der Waals surface area contributed by atoms with Crippen LogP contribution in [0, 0.1) is 5.82 Å². The smallest absolute Gasteiger partial charge is 0.321 e. The molecule has 0 unspecified atom stereocenters. The molecule has 0 aliphatic rings. The van der Waals surface area contributed by atoms with Crippen LogP contribution in [0.15, 0.2) is 46.9 Å². The second-order valence-electron chi connectivity index (χ2n) is 4.13. The Balaban J connectivity index is 2.33. The highest BCUT2D eigenvalue weighted by atomic mass is 79.9. The number of hydrogen-bond donors (Lipinski definition) is 1. The van der Waals surface area contributed by atoms with E-state index in [1.54, 1.807) is 18.2 Å². The molecule has 0 heterocycles. The van der Waals surface area contributed by atoms with E-state index in [2.05, 4.69) is 21.2 Å². The summed E-state index contributed by atoms with van der Waals surface area (Å²) in [5, 5.41) is 2.35. The molecular formula is C14H8BrF4NO. The number of carbonyl (C=O) groups excluding carboxylic acids is 1. The maximum Gasteiger partial charge on any atom is 0.416 e. The molecule has 2 nitrogen and oxygen atoms in total. The molecule has 2 aromatic carbocycles. The van der Waals surface area contributed by atoms with E-state index < -0.39 is 29.0 Å². The fraction of sp³-hybridized carbons (Fsp3) is 0.0714. The Morgan fingerprint density at radius 2 is 1.76 bits per heavy atom. The van der Waals surface area contributed by atoms with Crippen LogP contribution in [-0.2, 0) is 6.18 Å². The van der Waals surface area contributed by atoms with Crippen LogP contribution >= 0.6 is 15.9 Å². The molecule has 2 aromatic rings. The summed E-state index contributed by atoms with van der Waals surface area (Å²) in [4.78, 5) is 11.9. The van der Waals surface area contributed by atoms with Crippen molar-refractivity contribution in [2.24, 2.45) is 0 Å². The van der Waals surface area contributed by atoms with Gasteiger partial charge in [0.1, 0.15) is 5.82 Å². The molecule has 0 spiro atoms. The van der Waals surface area contributed by atoms with E-state index in [4.69, 9.17) is 0 Å². The minimum absolute atomic E-state index is 0.333. The molecule has 110 valence electrons. The van der Waals surface area contributed by atoms with Crippen LogP contribution in [0.25, 0.3) is 0 Å². The molecule has 0 radical (unpaired) electrons. The number of anilines is 1. The van der Waals surface area contributed by atoms with Crippen molar-refractivity contribution >= 4 is 27.5 Å². The fourth-order valence-corrected chi connectivity index (χ4v) is 2.01. The Morgan fingerprint density at radius 1 is 1.10 bits per heavy atom. The number of alkyl halides is 3. The van der Waals surface area contributed by atoms with Crippen molar-refractivity contribution in [2.75, 3.05) is 5.32 Å². The van der Waals surface area contributed by atoms with Gasteiger partial charge >= 0.3 is 6.18 Å². The summed E-state index contributed by atoms with van der Waals surface area (Å²) in [7, 11) is 0. The van der Waals surface area contributed by atoms with Gasteiger partial charge in [-0.2, -0.15) is 13.2 Å². The summed E-state index contributed by atoms with van der Waals surface area (Å²) in [6.07, 6.45) is -4.64. The second-order valence-corrected chi connectivity index (χ2v) is 4.98. The van der Waals surface area contributed by atoms with E-state index in [1.165, 1.54) is 6.07 Å². The number of amides is 1. The van der Waals surface area contributed by atoms with Gasteiger partial charge in [0, 0.05) is 4.47 Å². The lowest BCUT2D eigenvalue weighted by atomic mass is 10.1. The summed E-state index contributed by atoms with van der Waals surface area (Å²) in [6.45, 7) is 0. The van der Waals surface area contributed by atoms with Crippen LogP contribution in [0.5, 0.6) is 0 Å². The normalized spacial score (nSPS) is 11.3. The Bertz CT molecular complexity index is 685. The number of halogens is 5. The minimum Gasteiger partial charge on any atom is -0.321 e. The predicted octanol–water partition coefficient (Wildman–Crippen LogP) is 4.86. The van der Waals surface area contributed by atoms with Crippen LogP contribution in [0.3, 0.4) is 0 Å². The highest BCUT2D eigenvalue weighted by Crippen LogP contribution is 2.30. The van der Waals surface area contributed by atoms with Crippen molar-refractivity contribution in [2.45, 2.75) is 6.18 Å². The van der Waals surface area contributed by atoms with Crippen LogP contribution in [0.1, 0.15) is 15.9 Å². The van der Waals surface area contributed by atoms with Crippen LogP contribution in [-0.4, -0.2) is 5.91 Å². The molecule has 0 fully saturated rings. The molecular weight excluding hydrogens is 354 g/mol. The van der Waals surface area contributed by atoms with Gasteiger partial charge in [-0.15, -0.1) is 0 Å². The van der Waals surface area contributed by atoms with E-state index in [0.29, 0.717) is 28.4 Å². The van der Waals surface area contributed by atoms with Gasteiger partial charge in [-0.3, -0.25) is 4.79 Å². The third kappa shape index (κ3) is 3.60. The van der Waals surface area contributed by atoms with Crippen molar-refractivity contribution < 1.29 is 22.4 Å². The topological polar surface area (TPSA) is 29.1 Å². The first-order valence-corrected chi connectivity index (χ1v) is 6.51. The van der Waals surface area contributed by atoms with Gasteiger partial charge in [0.15, 0.2) is 0 Å². The Kier molecular flexibility index (Phi) is 4.32. The van der Waals surface area contributed by atoms with Gasteiger partial charge in [0.05, 0.1) is 16.8 Å². The van der Waals surface area contributed by atoms with Crippen LogP contribution in [0.4, 0.5) is 23.2 Å². The van der Waals surface area contributed by atoms with E-state index in [-0.39, 0.29) is 0 Å². The van der Waals surface area contributed by atoms with Crippen molar-refractivity contribution in [1.29, 1.82) is 0 Å². The first-order chi connectivity index (χ1) is 9.79. The third-order valence-corrected chi connectivity index (χ3v) is 3.35. The van der Waals surface area contributed by atoms with E-state index in [1.807, 2.05) is 0 Å². The van der Waals surface area contributed by atoms with Gasteiger partial charge in [0.2, 0.25) is 0 Å². The lowest BCUT2D eigenvalue weighted by Crippen LogP contribution is -2.16. The number of para-hydroxylation sites is 1. The van der Waals surface area contributed by atoms with Crippen molar-refractivity contribution in [3.63, 3.8) is 0 Å². The predicted molar refractivity (Wildman–Crippen MR) is 73.5 cm³/mol. The monoisotopic (exact) mass is 361 g/mol. The van der Waals surface area contributed by atoms with Crippen molar-refractivity contribution in [1.82, 2.24) is 0 Å². The average molecular weight is 362 g/mol.